The van der Waals surface area contributed by atoms with Crippen molar-refractivity contribution in [3.8, 4) is 28.7 Å². The Morgan fingerprint density at radius 3 is 2.57 bits per heavy atom. The van der Waals surface area contributed by atoms with Crippen LogP contribution in [0.5, 0.6) is 28.7 Å². The topological polar surface area (TPSA) is 71.4 Å². The van der Waals surface area contributed by atoms with Crippen molar-refractivity contribution in [2.75, 3.05) is 26.8 Å². The Balaban J connectivity index is 1.47. The Hall–Kier alpha value is -3.64. The molecule has 1 fully saturated rings. The molecule has 0 radical (unpaired) electrons. The van der Waals surface area contributed by atoms with E-state index in [1.54, 1.807) is 37.4 Å². The Morgan fingerprint density at radius 1 is 1.03 bits per heavy atom. The van der Waals surface area contributed by atoms with Crippen LogP contribution in [-0.4, -0.2) is 48.0 Å². The first-order chi connectivity index (χ1) is 17.8. The quantitative estimate of drug-likeness (QED) is 0.397. The molecule has 0 aromatic heterocycles. The zero-order valence-corrected chi connectivity index (χ0v) is 21.9. The first kappa shape index (κ1) is 25.0. The minimum absolute atomic E-state index is 0.177. The largest absolute Gasteiger partial charge is 0.508 e. The first-order valence-electron chi connectivity index (χ1n) is 12.9. The van der Waals surface area contributed by atoms with Gasteiger partial charge in [-0.25, -0.2) is 0 Å². The van der Waals surface area contributed by atoms with Gasteiger partial charge in [0.25, 0.3) is 0 Å². The average molecular weight is 502 g/mol. The molecule has 2 aliphatic heterocycles. The fraction of sp³-hybridized carbons (Fsp3) is 0.355. The Labute approximate surface area is 218 Å². The molecule has 0 spiro atoms. The van der Waals surface area contributed by atoms with Crippen molar-refractivity contribution < 1.29 is 24.4 Å². The molecule has 0 amide bonds. The molecule has 3 atom stereocenters. The molecule has 2 aliphatic rings. The lowest BCUT2D eigenvalue weighted by atomic mass is 9.86. The van der Waals surface area contributed by atoms with Gasteiger partial charge in [-0.05, 0) is 86.3 Å². The maximum Gasteiger partial charge on any atom is 0.161 e. The van der Waals surface area contributed by atoms with Gasteiger partial charge in [-0.15, -0.1) is 0 Å². The van der Waals surface area contributed by atoms with Gasteiger partial charge in [-0.1, -0.05) is 25.1 Å². The van der Waals surface area contributed by atoms with Crippen molar-refractivity contribution in [1.29, 1.82) is 0 Å². The highest BCUT2D eigenvalue weighted by molar-refractivity contribution is 5.96. The molecule has 6 nitrogen and oxygen atoms in total. The number of benzene rings is 3. The number of phenolic OH excluding ortho intramolecular Hbond substituents is 2. The van der Waals surface area contributed by atoms with Crippen LogP contribution in [0.3, 0.4) is 0 Å². The van der Waals surface area contributed by atoms with Crippen molar-refractivity contribution in [3.63, 3.8) is 0 Å². The molecule has 3 aromatic rings. The van der Waals surface area contributed by atoms with E-state index in [9.17, 15) is 10.2 Å². The van der Waals surface area contributed by atoms with Crippen LogP contribution in [0.2, 0.25) is 0 Å². The molecule has 1 saturated heterocycles. The van der Waals surface area contributed by atoms with E-state index in [4.69, 9.17) is 14.2 Å². The van der Waals surface area contributed by atoms with Gasteiger partial charge >= 0.3 is 0 Å². The number of likely N-dealkylation sites (tertiary alicyclic amines) is 1. The number of fused-ring (bicyclic) bond motifs is 1. The van der Waals surface area contributed by atoms with Crippen LogP contribution in [0, 0.1) is 5.92 Å². The van der Waals surface area contributed by atoms with E-state index in [-0.39, 0.29) is 11.5 Å². The highest BCUT2D eigenvalue weighted by Gasteiger charge is 2.31. The third-order valence-electron chi connectivity index (χ3n) is 7.48. The van der Waals surface area contributed by atoms with Gasteiger partial charge in [0.2, 0.25) is 0 Å². The van der Waals surface area contributed by atoms with Crippen LogP contribution in [-0.2, 0) is 0 Å². The predicted molar refractivity (Wildman–Crippen MR) is 145 cm³/mol. The number of allylic oxidation sites excluding steroid dienone is 1. The summed E-state index contributed by atoms with van der Waals surface area (Å²) in [5.41, 5.74) is 4.47. The summed E-state index contributed by atoms with van der Waals surface area (Å²) in [6.07, 6.45) is 0.799. The number of ether oxygens (including phenoxy) is 3. The number of methoxy groups -OCH3 is 1. The summed E-state index contributed by atoms with van der Waals surface area (Å²) >= 11 is 0. The summed E-state index contributed by atoms with van der Waals surface area (Å²) < 4.78 is 18.5. The van der Waals surface area contributed by atoms with Gasteiger partial charge in [0.1, 0.15) is 30.0 Å². The van der Waals surface area contributed by atoms with Crippen LogP contribution in [0.15, 0.2) is 60.7 Å². The first-order valence-corrected chi connectivity index (χ1v) is 12.9. The number of aromatic hydroxyl groups is 2. The molecule has 6 heteroatoms. The van der Waals surface area contributed by atoms with Gasteiger partial charge in [-0.2, -0.15) is 0 Å². The van der Waals surface area contributed by atoms with Crippen LogP contribution in [0.4, 0.5) is 0 Å². The second-order valence-electron chi connectivity index (χ2n) is 10.2. The third-order valence-corrected chi connectivity index (χ3v) is 7.48. The van der Waals surface area contributed by atoms with Gasteiger partial charge in [-0.3, -0.25) is 4.90 Å². The van der Waals surface area contributed by atoms with Crippen LogP contribution < -0.4 is 14.2 Å². The lowest BCUT2D eigenvalue weighted by molar-refractivity contribution is 0.165. The number of hydrogen-bond donors (Lipinski definition) is 2. The monoisotopic (exact) mass is 501 g/mol. The summed E-state index contributed by atoms with van der Waals surface area (Å²) in [5, 5.41) is 20.3. The zero-order valence-electron chi connectivity index (χ0n) is 21.9. The fourth-order valence-corrected chi connectivity index (χ4v) is 5.37. The van der Waals surface area contributed by atoms with E-state index in [2.05, 4.69) is 18.7 Å². The maximum atomic E-state index is 10.2. The molecule has 1 unspecified atom stereocenters. The van der Waals surface area contributed by atoms with E-state index in [0.29, 0.717) is 29.9 Å². The lowest BCUT2D eigenvalue weighted by Gasteiger charge is -2.31. The summed E-state index contributed by atoms with van der Waals surface area (Å²) in [7, 11) is 1.65. The number of nitrogens with zero attached hydrogens (tertiary/aromatic N) is 1. The SMILES string of the molecule is COc1cc(C2Oc3ccc(O)cc3C(C)=C2c2cccc(O)c2)ccc1OC[C@H](C)N1CC[C@@H](C)C1. The van der Waals surface area contributed by atoms with Crippen LogP contribution in [0.1, 0.15) is 50.0 Å². The molecule has 0 aliphatic carbocycles. The molecule has 37 heavy (non-hydrogen) atoms. The van der Waals surface area contributed by atoms with Gasteiger partial charge < -0.3 is 24.4 Å². The van der Waals surface area contributed by atoms with Crippen molar-refractivity contribution in [2.45, 2.75) is 39.3 Å². The third kappa shape index (κ3) is 5.12. The Kier molecular flexibility index (Phi) is 7.02. The molecule has 0 bridgehead atoms. The molecule has 3 aromatic carbocycles. The summed E-state index contributed by atoms with van der Waals surface area (Å²) in [5.74, 6) is 3.13. The number of rotatable bonds is 7. The van der Waals surface area contributed by atoms with E-state index >= 15 is 0 Å². The van der Waals surface area contributed by atoms with Crippen molar-refractivity contribution in [2.24, 2.45) is 5.92 Å². The van der Waals surface area contributed by atoms with E-state index in [0.717, 1.165) is 46.8 Å². The standard InChI is InChI=1S/C31H35NO5/c1-19-12-13-32(17-19)20(2)18-36-28-10-8-23(15-29(28)35-4)31-30(22-6-5-7-24(33)14-22)21(3)26-16-25(34)9-11-27(26)37-31/h5-11,14-16,19-20,31,33-34H,12-13,17-18H2,1-4H3/t19-,20+,31?/m1/s1. The smallest absolute Gasteiger partial charge is 0.161 e. The molecular formula is C31H35NO5. The highest BCUT2D eigenvalue weighted by atomic mass is 16.5. The fourth-order valence-electron chi connectivity index (χ4n) is 5.37. The zero-order chi connectivity index (χ0) is 26.1. The van der Waals surface area contributed by atoms with E-state index < -0.39 is 6.10 Å². The summed E-state index contributed by atoms with van der Waals surface area (Å²) in [6, 6.07) is 18.5. The molecular weight excluding hydrogens is 466 g/mol. The highest BCUT2D eigenvalue weighted by Crippen LogP contribution is 2.48. The van der Waals surface area contributed by atoms with Crippen molar-refractivity contribution in [1.82, 2.24) is 4.90 Å². The normalized spacial score (nSPS) is 20.3. The van der Waals surface area contributed by atoms with E-state index in [1.165, 1.54) is 6.42 Å². The second-order valence-corrected chi connectivity index (χ2v) is 10.2. The predicted octanol–water partition coefficient (Wildman–Crippen LogP) is 6.28. The minimum atomic E-state index is -0.438. The van der Waals surface area contributed by atoms with Gasteiger partial charge in [0.05, 0.1) is 7.11 Å². The second kappa shape index (κ2) is 10.4. The Morgan fingerprint density at radius 2 is 1.84 bits per heavy atom. The van der Waals surface area contributed by atoms with Gasteiger partial charge in [0, 0.05) is 29.3 Å². The van der Waals surface area contributed by atoms with Gasteiger partial charge in [0.15, 0.2) is 11.5 Å². The number of phenols is 2. The number of hydrogen-bond acceptors (Lipinski definition) is 6. The lowest BCUT2D eigenvalue weighted by Crippen LogP contribution is -2.35. The molecule has 194 valence electrons. The van der Waals surface area contributed by atoms with E-state index in [1.807, 2.05) is 37.3 Å². The van der Waals surface area contributed by atoms with Crippen LogP contribution >= 0.6 is 0 Å². The molecule has 0 saturated carbocycles. The molecule has 2 N–H and O–H groups in total. The maximum absolute atomic E-state index is 10.2. The van der Waals surface area contributed by atoms with Crippen molar-refractivity contribution >= 4 is 11.1 Å². The molecule has 2 heterocycles. The molecule has 5 rings (SSSR count). The average Bonchev–Trinajstić information content (AvgIpc) is 3.33. The summed E-state index contributed by atoms with van der Waals surface area (Å²) in [6.45, 7) is 9.34. The Bertz CT molecular complexity index is 1320. The minimum Gasteiger partial charge on any atom is -0.508 e. The summed E-state index contributed by atoms with van der Waals surface area (Å²) in [4.78, 5) is 2.48. The van der Waals surface area contributed by atoms with Crippen LogP contribution in [0.25, 0.3) is 11.1 Å². The van der Waals surface area contributed by atoms with Crippen molar-refractivity contribution in [3.05, 3.63) is 77.4 Å².